The standard InChI is InChI=1S/C23H26ClN3O7S/c1-15(22(30)25-8-10-34-11-9-25)26-7-6-20(23(26)31)27(14-21(28)29)35(32,33)19-5-3-16-12-18(24)4-2-17(16)13-19/h2-5,12-13,15,20H,6-11,14H2,1H3,(H,28,29)/t15-,20?/m0/s1. The van der Waals surface area contributed by atoms with E-state index in [-0.39, 0.29) is 23.8 Å². The molecule has 2 aliphatic rings. The smallest absolute Gasteiger partial charge is 0.318 e. The summed E-state index contributed by atoms with van der Waals surface area (Å²) in [6.45, 7) is 2.53. The van der Waals surface area contributed by atoms with Gasteiger partial charge in [-0.1, -0.05) is 23.7 Å². The van der Waals surface area contributed by atoms with E-state index in [0.29, 0.717) is 36.7 Å². The van der Waals surface area contributed by atoms with Gasteiger partial charge in [0.1, 0.15) is 18.6 Å². The molecule has 0 radical (unpaired) electrons. The fourth-order valence-electron chi connectivity index (χ4n) is 4.51. The van der Waals surface area contributed by atoms with Crippen molar-refractivity contribution in [3.63, 3.8) is 0 Å². The van der Waals surface area contributed by atoms with Crippen molar-refractivity contribution in [1.29, 1.82) is 0 Å². The van der Waals surface area contributed by atoms with Crippen LogP contribution in [0.4, 0.5) is 0 Å². The van der Waals surface area contributed by atoms with E-state index in [2.05, 4.69) is 0 Å². The number of rotatable bonds is 7. The molecule has 2 heterocycles. The van der Waals surface area contributed by atoms with Crippen LogP contribution in [0.3, 0.4) is 0 Å². The average Bonchev–Trinajstić information content (AvgIpc) is 3.22. The predicted octanol–water partition coefficient (Wildman–Crippen LogP) is 1.42. The molecule has 1 unspecified atom stereocenters. The molecule has 2 fully saturated rings. The van der Waals surface area contributed by atoms with Gasteiger partial charge in [0.05, 0.1) is 18.1 Å². The van der Waals surface area contributed by atoms with Crippen LogP contribution < -0.4 is 0 Å². The van der Waals surface area contributed by atoms with Gasteiger partial charge >= 0.3 is 5.97 Å². The number of carbonyl (C=O) groups is 3. The molecule has 10 nitrogen and oxygen atoms in total. The number of aliphatic carboxylic acids is 1. The van der Waals surface area contributed by atoms with E-state index in [1.807, 2.05) is 0 Å². The Morgan fingerprint density at radius 3 is 2.49 bits per heavy atom. The monoisotopic (exact) mass is 523 g/mol. The van der Waals surface area contributed by atoms with Crippen LogP contribution >= 0.6 is 11.6 Å². The van der Waals surface area contributed by atoms with Gasteiger partial charge in [-0.25, -0.2) is 8.42 Å². The Bertz CT molecular complexity index is 1260. The number of halogens is 1. The topological polar surface area (TPSA) is 125 Å². The largest absolute Gasteiger partial charge is 0.480 e. The Kier molecular flexibility index (Phi) is 7.32. The summed E-state index contributed by atoms with van der Waals surface area (Å²) < 4.78 is 33.1. The lowest BCUT2D eigenvalue weighted by molar-refractivity contribution is -0.147. The maximum Gasteiger partial charge on any atom is 0.318 e. The van der Waals surface area contributed by atoms with Gasteiger partial charge in [-0.05, 0) is 48.4 Å². The zero-order chi connectivity index (χ0) is 25.3. The third-order valence-corrected chi connectivity index (χ3v) is 8.46. The van der Waals surface area contributed by atoms with Gasteiger partial charge in [0, 0.05) is 24.7 Å². The molecule has 188 valence electrons. The lowest BCUT2D eigenvalue weighted by Gasteiger charge is -2.33. The van der Waals surface area contributed by atoms with E-state index in [0.717, 1.165) is 9.69 Å². The number of hydrogen-bond acceptors (Lipinski definition) is 6. The molecule has 12 heteroatoms. The number of carboxylic acids is 1. The van der Waals surface area contributed by atoms with Crippen molar-refractivity contribution in [1.82, 2.24) is 14.1 Å². The molecule has 0 aliphatic carbocycles. The lowest BCUT2D eigenvalue weighted by atomic mass is 10.1. The number of sulfonamides is 1. The van der Waals surface area contributed by atoms with Gasteiger partial charge in [-0.15, -0.1) is 0 Å². The first-order valence-corrected chi connectivity index (χ1v) is 13.0. The Hall–Kier alpha value is -2.73. The van der Waals surface area contributed by atoms with Gasteiger partial charge < -0.3 is 19.6 Å². The molecule has 0 aromatic heterocycles. The fraction of sp³-hybridized carbons (Fsp3) is 0.435. The Balaban J connectivity index is 1.60. The van der Waals surface area contributed by atoms with E-state index < -0.39 is 40.5 Å². The molecule has 2 atom stereocenters. The number of ether oxygens (including phenoxy) is 1. The van der Waals surface area contributed by atoms with E-state index in [1.54, 1.807) is 36.1 Å². The molecule has 0 spiro atoms. The number of carbonyl (C=O) groups excluding carboxylic acids is 2. The van der Waals surface area contributed by atoms with E-state index in [1.165, 1.54) is 17.0 Å². The minimum absolute atomic E-state index is 0.0786. The quantitative estimate of drug-likeness (QED) is 0.582. The molecule has 4 rings (SSSR count). The molecule has 0 bridgehead atoms. The molecule has 2 amide bonds. The summed E-state index contributed by atoms with van der Waals surface area (Å²) in [5.41, 5.74) is 0. The zero-order valence-corrected chi connectivity index (χ0v) is 20.7. The highest BCUT2D eigenvalue weighted by atomic mass is 35.5. The summed E-state index contributed by atoms with van der Waals surface area (Å²) >= 11 is 6.00. The lowest BCUT2D eigenvalue weighted by Crippen LogP contribution is -2.53. The maximum atomic E-state index is 13.5. The molecule has 2 aromatic rings. The number of hydrogen-bond donors (Lipinski definition) is 1. The van der Waals surface area contributed by atoms with Gasteiger partial charge in [-0.2, -0.15) is 4.31 Å². The molecule has 2 saturated heterocycles. The number of fused-ring (bicyclic) bond motifs is 1. The van der Waals surface area contributed by atoms with Crippen LogP contribution in [0.15, 0.2) is 41.3 Å². The molecule has 2 aliphatic heterocycles. The second-order valence-corrected chi connectivity index (χ2v) is 10.9. The van der Waals surface area contributed by atoms with E-state index in [4.69, 9.17) is 16.3 Å². The van der Waals surface area contributed by atoms with Crippen molar-refractivity contribution in [2.45, 2.75) is 30.3 Å². The number of carboxylic acid groups (broad SMARTS) is 1. The van der Waals surface area contributed by atoms with Crippen LogP contribution in [0.2, 0.25) is 5.02 Å². The SMILES string of the molecule is C[C@@H](C(=O)N1CCOCC1)N1CCC(N(CC(=O)O)S(=O)(=O)c2ccc3cc(Cl)ccc3c2)C1=O. The predicted molar refractivity (Wildman–Crippen MR) is 127 cm³/mol. The van der Waals surface area contributed by atoms with Crippen LogP contribution in [-0.2, 0) is 29.1 Å². The third-order valence-electron chi connectivity index (χ3n) is 6.38. The van der Waals surface area contributed by atoms with Crippen LogP contribution in [0.5, 0.6) is 0 Å². The molecule has 35 heavy (non-hydrogen) atoms. The number of nitrogens with zero attached hydrogens (tertiary/aromatic N) is 3. The van der Waals surface area contributed by atoms with Crippen molar-refractivity contribution in [2.24, 2.45) is 0 Å². The minimum Gasteiger partial charge on any atom is -0.480 e. The first kappa shape index (κ1) is 25.4. The van der Waals surface area contributed by atoms with Gasteiger partial charge in [-0.3, -0.25) is 14.4 Å². The van der Waals surface area contributed by atoms with Crippen molar-refractivity contribution in [3.05, 3.63) is 41.4 Å². The van der Waals surface area contributed by atoms with Crippen molar-refractivity contribution < 1.29 is 32.6 Å². The molecule has 2 aromatic carbocycles. The third kappa shape index (κ3) is 5.13. The van der Waals surface area contributed by atoms with E-state index in [9.17, 15) is 27.9 Å². The molecule has 0 saturated carbocycles. The zero-order valence-electron chi connectivity index (χ0n) is 19.1. The van der Waals surface area contributed by atoms with Crippen molar-refractivity contribution in [3.8, 4) is 0 Å². The van der Waals surface area contributed by atoms with Crippen LogP contribution in [-0.4, -0.2) is 96.9 Å². The van der Waals surface area contributed by atoms with Crippen molar-refractivity contribution in [2.75, 3.05) is 39.4 Å². The average molecular weight is 524 g/mol. The summed E-state index contributed by atoms with van der Waals surface area (Å²) in [7, 11) is -4.34. The van der Waals surface area contributed by atoms with Gasteiger partial charge in [0.15, 0.2) is 0 Å². The second-order valence-electron chi connectivity index (χ2n) is 8.55. The Morgan fingerprint density at radius 2 is 1.80 bits per heavy atom. The van der Waals surface area contributed by atoms with Crippen LogP contribution in [0.1, 0.15) is 13.3 Å². The van der Waals surface area contributed by atoms with Gasteiger partial charge in [0.2, 0.25) is 21.8 Å². The van der Waals surface area contributed by atoms with Gasteiger partial charge in [0.25, 0.3) is 0 Å². The Morgan fingerprint density at radius 1 is 1.14 bits per heavy atom. The summed E-state index contributed by atoms with van der Waals surface area (Å²) in [4.78, 5) is 40.6. The first-order valence-electron chi connectivity index (χ1n) is 11.2. The summed E-state index contributed by atoms with van der Waals surface area (Å²) in [5.74, 6) is -2.22. The van der Waals surface area contributed by atoms with E-state index >= 15 is 0 Å². The number of benzene rings is 2. The number of amides is 2. The maximum absolute atomic E-state index is 13.5. The first-order chi connectivity index (χ1) is 16.6. The second kappa shape index (κ2) is 10.1. The molecular weight excluding hydrogens is 498 g/mol. The minimum atomic E-state index is -4.34. The number of morpholine rings is 1. The highest BCUT2D eigenvalue weighted by Gasteiger charge is 2.45. The normalized spacial score (nSPS) is 20.0. The number of likely N-dealkylation sites (tertiary alicyclic amines) is 1. The Labute approximate surface area is 208 Å². The van der Waals surface area contributed by atoms with Crippen LogP contribution in [0.25, 0.3) is 10.8 Å². The molecular formula is C23H26ClN3O7S. The summed E-state index contributed by atoms with van der Waals surface area (Å²) in [5, 5.41) is 11.3. The highest BCUT2D eigenvalue weighted by molar-refractivity contribution is 7.89. The molecule has 1 N–H and O–H groups in total. The fourth-order valence-corrected chi connectivity index (χ4v) is 6.28. The van der Waals surface area contributed by atoms with Crippen LogP contribution in [0, 0.1) is 0 Å². The summed E-state index contributed by atoms with van der Waals surface area (Å²) in [6, 6.07) is 7.33. The van der Waals surface area contributed by atoms with Crippen molar-refractivity contribution >= 4 is 50.2 Å². The summed E-state index contributed by atoms with van der Waals surface area (Å²) in [6.07, 6.45) is 0.0786. The highest BCUT2D eigenvalue weighted by Crippen LogP contribution is 2.29.